The number of rotatable bonds is 7. The summed E-state index contributed by atoms with van der Waals surface area (Å²) in [7, 11) is 0. The Morgan fingerprint density at radius 2 is 1.90 bits per heavy atom. The second-order valence-electron chi connectivity index (χ2n) is 6.68. The number of aromatic nitrogens is 2. The van der Waals surface area contributed by atoms with Gasteiger partial charge in [0.2, 0.25) is 0 Å². The molecule has 8 nitrogen and oxygen atoms in total. The van der Waals surface area contributed by atoms with Gasteiger partial charge in [0.25, 0.3) is 5.91 Å². The van der Waals surface area contributed by atoms with Crippen molar-refractivity contribution >= 4 is 23.6 Å². The molecular formula is C22H21N3O5S. The van der Waals surface area contributed by atoms with E-state index >= 15 is 0 Å². The molecule has 2 heterocycles. The predicted octanol–water partition coefficient (Wildman–Crippen LogP) is 2.71. The van der Waals surface area contributed by atoms with Gasteiger partial charge >= 0.3 is 5.97 Å². The lowest BCUT2D eigenvalue weighted by Gasteiger charge is -2.26. The minimum absolute atomic E-state index is 0.239. The van der Waals surface area contributed by atoms with E-state index in [0.717, 1.165) is 5.69 Å². The lowest BCUT2D eigenvalue weighted by atomic mass is 10.2. The van der Waals surface area contributed by atoms with Crippen LogP contribution in [0.3, 0.4) is 0 Å². The van der Waals surface area contributed by atoms with Crippen molar-refractivity contribution in [3.8, 4) is 17.2 Å². The Morgan fingerprint density at radius 1 is 1.16 bits per heavy atom. The number of benzene rings is 2. The molecule has 4 rings (SSSR count). The van der Waals surface area contributed by atoms with E-state index in [1.807, 2.05) is 60.9 Å². The second-order valence-corrected chi connectivity index (χ2v) is 7.45. The van der Waals surface area contributed by atoms with Crippen molar-refractivity contribution in [3.05, 3.63) is 66.5 Å². The first-order valence-electron chi connectivity index (χ1n) is 9.65. The van der Waals surface area contributed by atoms with Crippen LogP contribution in [0.2, 0.25) is 0 Å². The average Bonchev–Trinajstić information content (AvgIpc) is 3.26. The fourth-order valence-electron chi connectivity index (χ4n) is 3.10. The number of fused-ring (bicyclic) bond motifs is 1. The van der Waals surface area contributed by atoms with Crippen molar-refractivity contribution in [2.75, 3.05) is 26.0 Å². The van der Waals surface area contributed by atoms with E-state index in [2.05, 4.69) is 10.3 Å². The van der Waals surface area contributed by atoms with Crippen LogP contribution in [0.15, 0.2) is 66.0 Å². The molecule has 0 saturated heterocycles. The number of thioether (sulfide) groups is 1. The van der Waals surface area contributed by atoms with Gasteiger partial charge in [-0.25, -0.2) is 9.78 Å². The summed E-state index contributed by atoms with van der Waals surface area (Å²) >= 11 is 1.41. The molecule has 1 atom stereocenters. The third-order valence-electron chi connectivity index (χ3n) is 4.56. The third kappa shape index (κ3) is 4.83. The van der Waals surface area contributed by atoms with Crippen LogP contribution in [-0.2, 0) is 9.53 Å². The number of carbonyl (C=O) groups excluding carboxylic acids is 2. The summed E-state index contributed by atoms with van der Waals surface area (Å²) < 4.78 is 18.3. The van der Waals surface area contributed by atoms with Gasteiger partial charge in [-0.1, -0.05) is 42.1 Å². The predicted molar refractivity (Wildman–Crippen MR) is 115 cm³/mol. The first-order valence-corrected chi connectivity index (χ1v) is 10.9. The van der Waals surface area contributed by atoms with Gasteiger partial charge < -0.3 is 19.5 Å². The number of para-hydroxylation sites is 3. The van der Waals surface area contributed by atoms with Crippen molar-refractivity contribution in [1.29, 1.82) is 0 Å². The largest absolute Gasteiger partial charge is 0.486 e. The van der Waals surface area contributed by atoms with Crippen LogP contribution in [-0.4, -0.2) is 53.5 Å². The first-order chi connectivity index (χ1) is 15.2. The van der Waals surface area contributed by atoms with Crippen LogP contribution in [0, 0.1) is 0 Å². The maximum Gasteiger partial charge on any atom is 0.357 e. The number of nitrogens with one attached hydrogen (secondary N) is 1. The molecule has 160 valence electrons. The molecular weight excluding hydrogens is 418 g/mol. The second kappa shape index (κ2) is 9.57. The molecule has 0 spiro atoms. The highest BCUT2D eigenvalue weighted by Crippen LogP contribution is 2.30. The van der Waals surface area contributed by atoms with Crippen LogP contribution in [0.25, 0.3) is 5.69 Å². The number of esters is 1. The number of nitrogens with zero attached hydrogens (tertiary/aromatic N) is 2. The van der Waals surface area contributed by atoms with E-state index in [0.29, 0.717) is 23.3 Å². The van der Waals surface area contributed by atoms with Gasteiger partial charge in [0.15, 0.2) is 29.0 Å². The Bertz CT molecular complexity index is 1070. The molecule has 1 unspecified atom stereocenters. The molecule has 1 aliphatic rings. The Kier molecular flexibility index (Phi) is 6.42. The maximum atomic E-state index is 12.6. The molecule has 2 aromatic carbocycles. The van der Waals surface area contributed by atoms with Gasteiger partial charge in [-0.2, -0.15) is 0 Å². The third-order valence-corrected chi connectivity index (χ3v) is 5.22. The Labute approximate surface area is 183 Å². The van der Waals surface area contributed by atoms with E-state index in [-0.39, 0.29) is 18.3 Å². The summed E-state index contributed by atoms with van der Waals surface area (Å²) in [5.74, 6) is 0.265. The van der Waals surface area contributed by atoms with Crippen LogP contribution < -0.4 is 14.8 Å². The van der Waals surface area contributed by atoms with Gasteiger partial charge in [0.05, 0.1) is 12.7 Å². The highest BCUT2D eigenvalue weighted by atomic mass is 32.2. The SMILES string of the molecule is CSc1ncc(C(=O)OCC(=O)NCC2COc3ccccc3O2)n1-c1ccccc1. The van der Waals surface area contributed by atoms with E-state index in [9.17, 15) is 9.59 Å². The standard InChI is InChI=1S/C22H21N3O5S/c1-31-22-24-12-17(25(22)15-7-3-2-4-8-15)21(27)29-14-20(26)23-11-16-13-28-18-9-5-6-10-19(18)30-16/h2-10,12,16H,11,13-14H2,1H3,(H,23,26). The van der Waals surface area contributed by atoms with Gasteiger partial charge in [-0.15, -0.1) is 0 Å². The summed E-state index contributed by atoms with van der Waals surface area (Å²) in [6.45, 7) is 0.158. The van der Waals surface area contributed by atoms with Crippen LogP contribution >= 0.6 is 11.8 Å². The van der Waals surface area contributed by atoms with Gasteiger partial charge in [0, 0.05) is 5.69 Å². The molecule has 0 fully saturated rings. The summed E-state index contributed by atoms with van der Waals surface area (Å²) in [6, 6.07) is 16.7. The number of imidazole rings is 1. The molecule has 1 aliphatic heterocycles. The minimum Gasteiger partial charge on any atom is -0.486 e. The Morgan fingerprint density at radius 3 is 2.68 bits per heavy atom. The fourth-order valence-corrected chi connectivity index (χ4v) is 3.64. The van der Waals surface area contributed by atoms with Crippen molar-refractivity contribution in [1.82, 2.24) is 14.9 Å². The normalized spacial score (nSPS) is 14.7. The van der Waals surface area contributed by atoms with Gasteiger partial charge in [-0.3, -0.25) is 9.36 Å². The van der Waals surface area contributed by atoms with Crippen molar-refractivity contribution < 1.29 is 23.8 Å². The number of amides is 1. The molecule has 0 saturated carbocycles. The Hall–Kier alpha value is -3.46. The zero-order valence-corrected chi connectivity index (χ0v) is 17.6. The van der Waals surface area contributed by atoms with Crippen molar-refractivity contribution in [2.24, 2.45) is 0 Å². The topological polar surface area (TPSA) is 91.7 Å². The lowest BCUT2D eigenvalue weighted by Crippen LogP contribution is -2.42. The number of hydrogen-bond donors (Lipinski definition) is 1. The Balaban J connectivity index is 1.31. The molecule has 1 N–H and O–H groups in total. The zero-order valence-electron chi connectivity index (χ0n) is 16.8. The fraction of sp³-hybridized carbons (Fsp3) is 0.227. The minimum atomic E-state index is -0.627. The molecule has 0 bridgehead atoms. The van der Waals surface area contributed by atoms with Crippen LogP contribution in [0.4, 0.5) is 0 Å². The summed E-state index contributed by atoms with van der Waals surface area (Å²) in [4.78, 5) is 29.0. The van der Waals surface area contributed by atoms with Gasteiger partial charge in [-0.05, 0) is 30.5 Å². The maximum absolute atomic E-state index is 12.6. The lowest BCUT2D eigenvalue weighted by molar-refractivity contribution is -0.124. The van der Waals surface area contributed by atoms with E-state index in [1.54, 1.807) is 4.57 Å². The van der Waals surface area contributed by atoms with Crippen LogP contribution in [0.5, 0.6) is 11.5 Å². The molecule has 31 heavy (non-hydrogen) atoms. The quantitative estimate of drug-likeness (QED) is 0.447. The average molecular weight is 439 g/mol. The highest BCUT2D eigenvalue weighted by Gasteiger charge is 2.22. The van der Waals surface area contributed by atoms with E-state index in [4.69, 9.17) is 14.2 Å². The molecule has 0 radical (unpaired) electrons. The van der Waals surface area contributed by atoms with Crippen molar-refractivity contribution in [2.45, 2.75) is 11.3 Å². The summed E-state index contributed by atoms with van der Waals surface area (Å²) in [5.41, 5.74) is 1.04. The first kappa shape index (κ1) is 20.8. The molecule has 1 aromatic heterocycles. The zero-order chi connectivity index (χ0) is 21.6. The highest BCUT2D eigenvalue weighted by molar-refractivity contribution is 7.98. The van der Waals surface area contributed by atoms with E-state index < -0.39 is 18.5 Å². The molecule has 9 heteroatoms. The number of hydrogen-bond acceptors (Lipinski definition) is 7. The van der Waals surface area contributed by atoms with Crippen LogP contribution in [0.1, 0.15) is 10.5 Å². The molecule has 3 aromatic rings. The molecule has 1 amide bonds. The van der Waals surface area contributed by atoms with E-state index in [1.165, 1.54) is 18.0 Å². The summed E-state index contributed by atoms with van der Waals surface area (Å²) in [6.07, 6.45) is 3.00. The van der Waals surface area contributed by atoms with Gasteiger partial charge in [0.1, 0.15) is 12.7 Å². The molecule has 0 aliphatic carbocycles. The monoisotopic (exact) mass is 439 g/mol. The number of ether oxygens (including phenoxy) is 3. The number of carbonyl (C=O) groups is 2. The van der Waals surface area contributed by atoms with Crippen molar-refractivity contribution in [3.63, 3.8) is 0 Å². The smallest absolute Gasteiger partial charge is 0.357 e. The summed E-state index contributed by atoms with van der Waals surface area (Å²) in [5, 5.41) is 3.36.